The molecule has 0 bridgehead atoms. The first kappa shape index (κ1) is 21.7. The zero-order chi connectivity index (χ0) is 19.3. The van der Waals surface area contributed by atoms with E-state index in [1.54, 1.807) is 7.05 Å². The Morgan fingerprint density at radius 2 is 2.07 bits per heavy atom. The molecular weight excluding hydrogens is 340 g/mol. The van der Waals surface area contributed by atoms with Gasteiger partial charge in [0.25, 0.3) is 0 Å². The van der Waals surface area contributed by atoms with Crippen LogP contribution in [0.2, 0.25) is 0 Å². The van der Waals surface area contributed by atoms with E-state index in [-0.39, 0.29) is 6.10 Å². The number of rotatable bonds is 11. The maximum Gasteiger partial charge on any atom is 0.191 e. The number of aliphatic imine (C=N–C) groups is 1. The highest BCUT2D eigenvalue weighted by Gasteiger charge is 2.15. The first-order valence-corrected chi connectivity index (χ1v) is 10.2. The molecule has 0 aliphatic carbocycles. The summed E-state index contributed by atoms with van der Waals surface area (Å²) >= 11 is 0. The SMILES string of the molecule is CCN(CC)Cc1cccc(CNC(=NC)NCCCOC2CCOC2)c1. The van der Waals surface area contributed by atoms with E-state index in [1.807, 2.05) is 0 Å². The smallest absolute Gasteiger partial charge is 0.191 e. The molecule has 0 spiro atoms. The molecule has 1 saturated heterocycles. The lowest BCUT2D eigenvalue weighted by Gasteiger charge is -2.18. The number of nitrogens with one attached hydrogen (secondary N) is 2. The summed E-state index contributed by atoms with van der Waals surface area (Å²) in [5, 5.41) is 6.74. The lowest BCUT2D eigenvalue weighted by atomic mass is 10.1. The molecule has 27 heavy (non-hydrogen) atoms. The second-order valence-electron chi connectivity index (χ2n) is 6.84. The zero-order valence-electron chi connectivity index (χ0n) is 17.2. The van der Waals surface area contributed by atoms with Crippen molar-refractivity contribution >= 4 is 5.96 Å². The summed E-state index contributed by atoms with van der Waals surface area (Å²) < 4.78 is 11.1. The summed E-state index contributed by atoms with van der Waals surface area (Å²) in [5.74, 6) is 0.827. The molecule has 1 aromatic rings. The summed E-state index contributed by atoms with van der Waals surface area (Å²) in [7, 11) is 1.80. The Bertz CT molecular complexity index is 555. The van der Waals surface area contributed by atoms with E-state index >= 15 is 0 Å². The van der Waals surface area contributed by atoms with Crippen LogP contribution in [0.4, 0.5) is 0 Å². The lowest BCUT2D eigenvalue weighted by Crippen LogP contribution is -2.37. The Kier molecular flexibility index (Phi) is 10.2. The van der Waals surface area contributed by atoms with Crippen molar-refractivity contribution in [1.82, 2.24) is 15.5 Å². The largest absolute Gasteiger partial charge is 0.379 e. The van der Waals surface area contributed by atoms with Crippen LogP contribution in [-0.4, -0.2) is 63.5 Å². The molecule has 1 aliphatic heterocycles. The van der Waals surface area contributed by atoms with Crippen LogP contribution in [-0.2, 0) is 22.6 Å². The van der Waals surface area contributed by atoms with Gasteiger partial charge in [0.05, 0.1) is 12.7 Å². The number of nitrogens with zero attached hydrogens (tertiary/aromatic N) is 2. The minimum atomic E-state index is 0.283. The van der Waals surface area contributed by atoms with Crippen LogP contribution in [0.25, 0.3) is 0 Å². The maximum atomic E-state index is 5.78. The lowest BCUT2D eigenvalue weighted by molar-refractivity contribution is 0.0420. The van der Waals surface area contributed by atoms with Gasteiger partial charge in [0.15, 0.2) is 5.96 Å². The molecule has 1 aromatic carbocycles. The summed E-state index contributed by atoms with van der Waals surface area (Å²) in [4.78, 5) is 6.72. The Morgan fingerprint density at radius 3 is 2.78 bits per heavy atom. The van der Waals surface area contributed by atoms with Gasteiger partial charge in [-0.05, 0) is 37.1 Å². The van der Waals surface area contributed by atoms with Crippen molar-refractivity contribution in [2.75, 3.05) is 46.5 Å². The highest BCUT2D eigenvalue weighted by Crippen LogP contribution is 2.09. The van der Waals surface area contributed by atoms with Crippen LogP contribution >= 0.6 is 0 Å². The number of guanidine groups is 1. The van der Waals surface area contributed by atoms with Gasteiger partial charge in [-0.3, -0.25) is 9.89 Å². The fourth-order valence-corrected chi connectivity index (χ4v) is 3.12. The van der Waals surface area contributed by atoms with E-state index in [0.717, 1.165) is 71.3 Å². The first-order chi connectivity index (χ1) is 13.2. The standard InChI is InChI=1S/C21H36N4O2/c1-4-25(5-2)16-19-9-6-8-18(14-19)15-24-21(22-3)23-11-7-12-27-20-10-13-26-17-20/h6,8-9,14,20H,4-5,7,10-13,15-17H2,1-3H3,(H2,22,23,24). The van der Waals surface area contributed by atoms with Gasteiger partial charge in [0, 0.05) is 39.9 Å². The quantitative estimate of drug-likeness (QED) is 0.353. The van der Waals surface area contributed by atoms with Gasteiger partial charge in [0.2, 0.25) is 0 Å². The molecular formula is C21H36N4O2. The molecule has 0 amide bonds. The molecule has 0 aromatic heterocycles. The average molecular weight is 377 g/mol. The molecule has 6 heteroatoms. The fraction of sp³-hybridized carbons (Fsp3) is 0.667. The Morgan fingerprint density at radius 1 is 1.26 bits per heavy atom. The summed E-state index contributed by atoms with van der Waals surface area (Å²) in [5.41, 5.74) is 2.63. The maximum absolute atomic E-state index is 5.78. The average Bonchev–Trinajstić information content (AvgIpc) is 3.22. The van der Waals surface area contributed by atoms with Gasteiger partial charge >= 0.3 is 0 Å². The van der Waals surface area contributed by atoms with E-state index in [4.69, 9.17) is 9.47 Å². The number of hydrogen-bond donors (Lipinski definition) is 2. The minimum absolute atomic E-state index is 0.283. The first-order valence-electron chi connectivity index (χ1n) is 10.2. The van der Waals surface area contributed by atoms with Crippen molar-refractivity contribution in [2.24, 2.45) is 4.99 Å². The molecule has 1 heterocycles. The highest BCUT2D eigenvalue weighted by molar-refractivity contribution is 5.79. The number of ether oxygens (including phenoxy) is 2. The van der Waals surface area contributed by atoms with E-state index in [1.165, 1.54) is 11.1 Å². The second-order valence-corrected chi connectivity index (χ2v) is 6.84. The van der Waals surface area contributed by atoms with E-state index < -0.39 is 0 Å². The van der Waals surface area contributed by atoms with Crippen LogP contribution in [0.3, 0.4) is 0 Å². The highest BCUT2D eigenvalue weighted by atomic mass is 16.5. The summed E-state index contributed by atoms with van der Waals surface area (Å²) in [6.45, 7) is 11.5. The van der Waals surface area contributed by atoms with E-state index in [9.17, 15) is 0 Å². The van der Waals surface area contributed by atoms with Crippen LogP contribution < -0.4 is 10.6 Å². The Labute approximate surface area is 164 Å². The molecule has 2 N–H and O–H groups in total. The van der Waals surface area contributed by atoms with Crippen LogP contribution in [0.1, 0.15) is 37.8 Å². The van der Waals surface area contributed by atoms with Gasteiger partial charge in [-0.15, -0.1) is 0 Å². The van der Waals surface area contributed by atoms with E-state index in [2.05, 4.69) is 58.6 Å². The second kappa shape index (κ2) is 12.7. The number of benzene rings is 1. The third-order valence-electron chi connectivity index (χ3n) is 4.83. The Hall–Kier alpha value is -1.63. The molecule has 152 valence electrons. The molecule has 2 rings (SSSR count). The third-order valence-corrected chi connectivity index (χ3v) is 4.83. The van der Waals surface area contributed by atoms with Gasteiger partial charge in [-0.2, -0.15) is 0 Å². The van der Waals surface area contributed by atoms with Gasteiger partial charge in [0.1, 0.15) is 0 Å². The topological polar surface area (TPSA) is 58.1 Å². The molecule has 1 atom stereocenters. The summed E-state index contributed by atoms with van der Waals surface area (Å²) in [6.07, 6.45) is 2.26. The van der Waals surface area contributed by atoms with Crippen molar-refractivity contribution in [3.63, 3.8) is 0 Å². The van der Waals surface area contributed by atoms with Gasteiger partial charge in [-0.1, -0.05) is 38.1 Å². The van der Waals surface area contributed by atoms with Crippen molar-refractivity contribution < 1.29 is 9.47 Å². The fourth-order valence-electron chi connectivity index (χ4n) is 3.12. The molecule has 0 radical (unpaired) electrons. The summed E-state index contributed by atoms with van der Waals surface area (Å²) in [6, 6.07) is 8.76. The van der Waals surface area contributed by atoms with Crippen molar-refractivity contribution in [3.8, 4) is 0 Å². The number of hydrogen-bond acceptors (Lipinski definition) is 4. The van der Waals surface area contributed by atoms with Crippen molar-refractivity contribution in [2.45, 2.75) is 45.9 Å². The monoisotopic (exact) mass is 376 g/mol. The van der Waals surface area contributed by atoms with Crippen LogP contribution in [0, 0.1) is 0 Å². The zero-order valence-corrected chi connectivity index (χ0v) is 17.2. The molecule has 1 unspecified atom stereocenters. The molecule has 1 aliphatic rings. The van der Waals surface area contributed by atoms with Gasteiger partial charge in [-0.25, -0.2) is 0 Å². The predicted octanol–water partition coefficient (Wildman–Crippen LogP) is 2.39. The van der Waals surface area contributed by atoms with Crippen LogP contribution in [0.15, 0.2) is 29.3 Å². The molecule has 6 nitrogen and oxygen atoms in total. The predicted molar refractivity (Wildman–Crippen MR) is 111 cm³/mol. The molecule has 1 fully saturated rings. The Balaban J connectivity index is 1.67. The van der Waals surface area contributed by atoms with Crippen molar-refractivity contribution in [3.05, 3.63) is 35.4 Å². The van der Waals surface area contributed by atoms with E-state index in [0.29, 0.717) is 0 Å². The van der Waals surface area contributed by atoms with Crippen molar-refractivity contribution in [1.29, 1.82) is 0 Å². The van der Waals surface area contributed by atoms with Crippen LogP contribution in [0.5, 0.6) is 0 Å². The minimum Gasteiger partial charge on any atom is -0.379 e. The molecule has 0 saturated carbocycles. The normalized spacial score (nSPS) is 17.5. The third kappa shape index (κ3) is 8.28. The van der Waals surface area contributed by atoms with Gasteiger partial charge < -0.3 is 20.1 Å².